The van der Waals surface area contributed by atoms with E-state index in [1.807, 2.05) is 6.92 Å². The molecule has 0 spiro atoms. The number of aromatic nitrogens is 1. The molecule has 20 heavy (non-hydrogen) atoms. The predicted molar refractivity (Wildman–Crippen MR) is 70.3 cm³/mol. The number of ether oxygens (including phenoxy) is 1. The lowest BCUT2D eigenvalue weighted by molar-refractivity contribution is -0.141. The molecule has 2 heterocycles. The van der Waals surface area contributed by atoms with E-state index in [1.165, 1.54) is 0 Å². The number of nitrogens with one attached hydrogen (secondary N) is 1. The Kier molecular flexibility index (Phi) is 4.37. The molecule has 2 rings (SSSR count). The Morgan fingerprint density at radius 1 is 1.40 bits per heavy atom. The lowest BCUT2D eigenvalue weighted by atomic mass is 9.93. The zero-order valence-corrected chi connectivity index (χ0v) is 11.2. The number of pyridine rings is 1. The van der Waals surface area contributed by atoms with Crippen LogP contribution in [0.3, 0.4) is 0 Å². The van der Waals surface area contributed by atoms with Crippen molar-refractivity contribution >= 4 is 11.4 Å². The number of nitrogens with zero attached hydrogens (tertiary/aromatic N) is 1. The summed E-state index contributed by atoms with van der Waals surface area (Å²) in [5.74, 6) is 0.366. The smallest absolute Gasteiger partial charge is 0.396 e. The molecule has 1 aromatic rings. The minimum atomic E-state index is -4.47. The fourth-order valence-electron chi connectivity index (χ4n) is 2.32. The molecular formula is C13H18F3N3O. The molecular weight excluding hydrogens is 271 g/mol. The molecule has 1 aliphatic heterocycles. The molecule has 7 heteroatoms. The molecule has 0 saturated carbocycles. The highest BCUT2D eigenvalue weighted by atomic mass is 19.4. The average Bonchev–Trinajstić information content (AvgIpc) is 2.41. The molecule has 1 saturated heterocycles. The summed E-state index contributed by atoms with van der Waals surface area (Å²) in [6.07, 6.45) is -1.63. The molecule has 1 aromatic heterocycles. The van der Waals surface area contributed by atoms with E-state index in [0.29, 0.717) is 19.1 Å². The summed E-state index contributed by atoms with van der Waals surface area (Å²) in [4.78, 5) is 3.32. The molecule has 1 fully saturated rings. The number of nitrogens with two attached hydrogens (primary N) is 1. The maximum atomic E-state index is 12.6. The van der Waals surface area contributed by atoms with Crippen molar-refractivity contribution in [3.05, 3.63) is 18.0 Å². The van der Waals surface area contributed by atoms with Crippen LogP contribution in [0.2, 0.25) is 0 Å². The van der Waals surface area contributed by atoms with Crippen LogP contribution >= 0.6 is 0 Å². The highest BCUT2D eigenvalue weighted by Gasteiger charge is 2.33. The van der Waals surface area contributed by atoms with E-state index in [4.69, 9.17) is 10.5 Å². The zero-order chi connectivity index (χ0) is 14.8. The van der Waals surface area contributed by atoms with Crippen LogP contribution in [0.1, 0.15) is 25.5 Å². The molecule has 112 valence electrons. The number of nitrogen functional groups attached to an aromatic ring is 1. The summed E-state index contributed by atoms with van der Waals surface area (Å²) in [6, 6.07) is 0.996. The average molecular weight is 289 g/mol. The Bertz CT molecular complexity index is 459. The second-order valence-electron chi connectivity index (χ2n) is 5.04. The molecule has 0 amide bonds. The molecule has 1 atom stereocenters. The topological polar surface area (TPSA) is 60.2 Å². The van der Waals surface area contributed by atoms with Crippen LogP contribution in [-0.2, 0) is 10.9 Å². The third-order valence-electron chi connectivity index (χ3n) is 3.58. The first-order valence-corrected chi connectivity index (χ1v) is 6.55. The molecule has 1 aliphatic rings. The summed E-state index contributed by atoms with van der Waals surface area (Å²) in [5.41, 5.74) is 5.26. The number of hydrogen-bond donors (Lipinski definition) is 2. The van der Waals surface area contributed by atoms with Crippen LogP contribution in [0.4, 0.5) is 24.5 Å². The van der Waals surface area contributed by atoms with Crippen LogP contribution in [0.5, 0.6) is 0 Å². The van der Waals surface area contributed by atoms with E-state index in [-0.39, 0.29) is 17.4 Å². The van der Waals surface area contributed by atoms with Gasteiger partial charge in [-0.15, -0.1) is 0 Å². The standard InChI is InChI=1S/C13H18F3N3O/c1-8(9-2-4-20-5-3-9)19-11-6-12(13(14,15)16)18-7-10(11)17/h6-9H,2-5,17H2,1H3,(H,18,19). The fraction of sp³-hybridized carbons (Fsp3) is 0.615. The number of halogens is 3. The van der Waals surface area contributed by atoms with Crippen molar-refractivity contribution < 1.29 is 17.9 Å². The Labute approximate surface area is 115 Å². The van der Waals surface area contributed by atoms with E-state index < -0.39 is 11.9 Å². The maximum absolute atomic E-state index is 12.6. The van der Waals surface area contributed by atoms with Crippen molar-refractivity contribution in [1.29, 1.82) is 0 Å². The second kappa shape index (κ2) is 5.87. The summed E-state index contributed by atoms with van der Waals surface area (Å²) < 4.78 is 43.2. The van der Waals surface area contributed by atoms with Gasteiger partial charge in [0.05, 0.1) is 17.6 Å². The molecule has 0 radical (unpaired) electrons. The highest BCUT2D eigenvalue weighted by Crippen LogP contribution is 2.32. The van der Waals surface area contributed by atoms with Gasteiger partial charge in [-0.05, 0) is 31.7 Å². The van der Waals surface area contributed by atoms with Gasteiger partial charge in [-0.3, -0.25) is 0 Å². The van der Waals surface area contributed by atoms with Crippen molar-refractivity contribution in [3.63, 3.8) is 0 Å². The summed E-state index contributed by atoms with van der Waals surface area (Å²) in [5, 5.41) is 3.07. The Morgan fingerprint density at radius 2 is 2.05 bits per heavy atom. The first-order chi connectivity index (χ1) is 9.38. The fourth-order valence-corrected chi connectivity index (χ4v) is 2.32. The lowest BCUT2D eigenvalue weighted by Gasteiger charge is -2.29. The third-order valence-corrected chi connectivity index (χ3v) is 3.58. The van der Waals surface area contributed by atoms with Crippen molar-refractivity contribution in [2.75, 3.05) is 24.3 Å². The van der Waals surface area contributed by atoms with E-state index in [0.717, 1.165) is 25.1 Å². The predicted octanol–water partition coefficient (Wildman–Crippen LogP) is 2.91. The van der Waals surface area contributed by atoms with Gasteiger partial charge in [-0.2, -0.15) is 13.2 Å². The van der Waals surface area contributed by atoms with Crippen LogP contribution < -0.4 is 11.1 Å². The minimum absolute atomic E-state index is 0.0321. The number of hydrogen-bond acceptors (Lipinski definition) is 4. The normalized spacial score (nSPS) is 18.8. The van der Waals surface area contributed by atoms with Gasteiger partial charge < -0.3 is 15.8 Å². The van der Waals surface area contributed by atoms with Crippen LogP contribution in [0.15, 0.2) is 12.3 Å². The largest absolute Gasteiger partial charge is 0.433 e. The van der Waals surface area contributed by atoms with Crippen LogP contribution in [-0.4, -0.2) is 24.2 Å². The van der Waals surface area contributed by atoms with Crippen molar-refractivity contribution in [3.8, 4) is 0 Å². The third kappa shape index (κ3) is 3.53. The molecule has 1 unspecified atom stereocenters. The van der Waals surface area contributed by atoms with Gasteiger partial charge in [0.15, 0.2) is 0 Å². The quantitative estimate of drug-likeness (QED) is 0.898. The zero-order valence-electron chi connectivity index (χ0n) is 11.2. The Balaban J connectivity index is 2.11. The molecule has 3 N–H and O–H groups in total. The Morgan fingerprint density at radius 3 is 2.65 bits per heavy atom. The summed E-state index contributed by atoms with van der Waals surface area (Å²) >= 11 is 0. The maximum Gasteiger partial charge on any atom is 0.433 e. The van der Waals surface area contributed by atoms with Gasteiger partial charge in [-0.1, -0.05) is 0 Å². The second-order valence-corrected chi connectivity index (χ2v) is 5.04. The summed E-state index contributed by atoms with van der Waals surface area (Å²) in [7, 11) is 0. The van der Waals surface area contributed by atoms with E-state index >= 15 is 0 Å². The van der Waals surface area contributed by atoms with E-state index in [2.05, 4.69) is 10.3 Å². The molecule has 0 aromatic carbocycles. The van der Waals surface area contributed by atoms with E-state index in [9.17, 15) is 13.2 Å². The first-order valence-electron chi connectivity index (χ1n) is 6.55. The highest BCUT2D eigenvalue weighted by molar-refractivity contribution is 5.65. The van der Waals surface area contributed by atoms with Gasteiger partial charge in [0.1, 0.15) is 5.69 Å². The molecule has 4 nitrogen and oxygen atoms in total. The van der Waals surface area contributed by atoms with Crippen molar-refractivity contribution in [2.24, 2.45) is 5.92 Å². The van der Waals surface area contributed by atoms with Gasteiger partial charge in [-0.25, -0.2) is 4.98 Å². The van der Waals surface area contributed by atoms with Gasteiger partial charge >= 0.3 is 6.18 Å². The Hall–Kier alpha value is -1.50. The van der Waals surface area contributed by atoms with E-state index in [1.54, 1.807) is 0 Å². The minimum Gasteiger partial charge on any atom is -0.396 e. The van der Waals surface area contributed by atoms with Crippen LogP contribution in [0.25, 0.3) is 0 Å². The number of anilines is 2. The van der Waals surface area contributed by atoms with Gasteiger partial charge in [0.25, 0.3) is 0 Å². The van der Waals surface area contributed by atoms with Gasteiger partial charge in [0.2, 0.25) is 0 Å². The SMILES string of the molecule is CC(Nc1cc(C(F)(F)F)ncc1N)C1CCOCC1. The molecule has 0 bridgehead atoms. The number of alkyl halides is 3. The first kappa shape index (κ1) is 14.9. The summed E-state index contributed by atoms with van der Waals surface area (Å²) in [6.45, 7) is 3.33. The number of rotatable bonds is 3. The van der Waals surface area contributed by atoms with Crippen LogP contribution in [0, 0.1) is 5.92 Å². The van der Waals surface area contributed by atoms with Crippen molar-refractivity contribution in [2.45, 2.75) is 32.0 Å². The lowest BCUT2D eigenvalue weighted by Crippen LogP contribution is -2.31. The molecule has 0 aliphatic carbocycles. The monoisotopic (exact) mass is 289 g/mol. The van der Waals surface area contributed by atoms with Gasteiger partial charge in [0, 0.05) is 19.3 Å². The van der Waals surface area contributed by atoms with Crippen molar-refractivity contribution in [1.82, 2.24) is 4.98 Å².